The molecule has 0 amide bonds. The van der Waals surface area contributed by atoms with Gasteiger partial charge in [-0.3, -0.25) is 14.3 Å². The van der Waals surface area contributed by atoms with Gasteiger partial charge in [0.25, 0.3) is 0 Å². The highest BCUT2D eigenvalue weighted by atomic mass is 32.2. The first-order valence-electron chi connectivity index (χ1n) is 10.9. The summed E-state index contributed by atoms with van der Waals surface area (Å²) >= 11 is 0. The maximum absolute atomic E-state index is 13.1. The number of hydrogen-bond donors (Lipinski definition) is 1. The maximum Gasteiger partial charge on any atom is 0.243 e. The van der Waals surface area contributed by atoms with Gasteiger partial charge in [0.2, 0.25) is 21.9 Å². The number of pyridine rings is 2. The van der Waals surface area contributed by atoms with Crippen LogP contribution in [0.5, 0.6) is 17.4 Å². The molecule has 0 atom stereocenters. The Morgan fingerprint density at radius 3 is 2.32 bits per heavy atom. The molecule has 0 spiro atoms. The van der Waals surface area contributed by atoms with E-state index in [0.717, 1.165) is 0 Å². The molecule has 0 aliphatic rings. The summed E-state index contributed by atoms with van der Waals surface area (Å²) in [6.07, 6.45) is 1.52. The predicted molar refractivity (Wildman–Crippen MR) is 134 cm³/mol. The quantitative estimate of drug-likeness (QED) is 0.329. The van der Waals surface area contributed by atoms with Crippen LogP contribution in [-0.2, 0) is 16.4 Å². The summed E-state index contributed by atoms with van der Waals surface area (Å²) in [7, 11) is 0.557. The summed E-state index contributed by atoms with van der Waals surface area (Å²) < 4.78 is 46.4. The van der Waals surface area contributed by atoms with Gasteiger partial charge in [0.1, 0.15) is 28.9 Å². The minimum absolute atomic E-state index is 0.0878. The van der Waals surface area contributed by atoms with Crippen molar-refractivity contribution in [2.24, 2.45) is 0 Å². The van der Waals surface area contributed by atoms with Gasteiger partial charge in [-0.25, -0.2) is 13.4 Å². The number of methoxy groups -OCH3 is 3. The third-order valence-electron chi connectivity index (χ3n) is 5.28. The Morgan fingerprint density at radius 2 is 1.70 bits per heavy atom. The average Bonchev–Trinajstić information content (AvgIpc) is 3.33. The van der Waals surface area contributed by atoms with E-state index in [1.807, 2.05) is 6.07 Å². The van der Waals surface area contributed by atoms with E-state index < -0.39 is 10.0 Å². The molecule has 1 N–H and O–H groups in total. The minimum atomic E-state index is -3.90. The van der Waals surface area contributed by atoms with E-state index in [1.54, 1.807) is 48.5 Å². The number of hydrogen-bond acceptors (Lipinski definition) is 10. The summed E-state index contributed by atoms with van der Waals surface area (Å²) in [6, 6.07) is 15.4. The third-order valence-corrected chi connectivity index (χ3v) is 6.51. The summed E-state index contributed by atoms with van der Waals surface area (Å²) in [4.78, 5) is 8.55. The summed E-state index contributed by atoms with van der Waals surface area (Å²) in [5.74, 6) is 0.990. The van der Waals surface area contributed by atoms with Crippen LogP contribution in [0.1, 0.15) is 11.3 Å². The molecule has 12 nitrogen and oxygen atoms in total. The highest BCUT2D eigenvalue weighted by Crippen LogP contribution is 2.37. The van der Waals surface area contributed by atoms with Crippen molar-refractivity contribution >= 4 is 16.0 Å². The Bertz CT molecular complexity index is 1520. The van der Waals surface area contributed by atoms with Gasteiger partial charge in [0, 0.05) is 24.4 Å². The number of anilines is 1. The van der Waals surface area contributed by atoms with Crippen molar-refractivity contribution in [2.75, 3.05) is 31.8 Å². The molecule has 1 aromatic carbocycles. The van der Waals surface area contributed by atoms with Gasteiger partial charge >= 0.3 is 0 Å². The lowest BCUT2D eigenvalue weighted by Crippen LogP contribution is -2.21. The van der Waals surface area contributed by atoms with Crippen molar-refractivity contribution in [2.45, 2.75) is 6.42 Å². The van der Waals surface area contributed by atoms with Crippen molar-refractivity contribution in [3.8, 4) is 40.7 Å². The Balaban J connectivity index is 1.76. The van der Waals surface area contributed by atoms with E-state index in [9.17, 15) is 8.42 Å². The number of nitrogens with one attached hydrogen (secondary N) is 1. The Morgan fingerprint density at radius 1 is 0.973 bits per heavy atom. The van der Waals surface area contributed by atoms with Crippen LogP contribution >= 0.6 is 0 Å². The summed E-state index contributed by atoms with van der Waals surface area (Å²) in [6.45, 7) is 0. The van der Waals surface area contributed by atoms with E-state index in [0.29, 0.717) is 40.0 Å². The van der Waals surface area contributed by atoms with E-state index >= 15 is 0 Å². The average molecular weight is 522 g/mol. The second-order valence-corrected chi connectivity index (χ2v) is 9.42. The van der Waals surface area contributed by atoms with Crippen molar-refractivity contribution < 1.29 is 22.6 Å². The van der Waals surface area contributed by atoms with Crippen molar-refractivity contribution in [3.05, 3.63) is 66.0 Å². The number of aryl methyl sites for hydroxylation is 1. The molecule has 190 valence electrons. The molecule has 0 fully saturated rings. The molecule has 0 aliphatic carbocycles. The zero-order valence-corrected chi connectivity index (χ0v) is 21.1. The minimum Gasteiger partial charge on any atom is -0.494 e. The van der Waals surface area contributed by atoms with E-state index in [2.05, 4.69) is 24.9 Å². The van der Waals surface area contributed by atoms with Gasteiger partial charge in [-0.2, -0.15) is 5.26 Å². The number of rotatable bonds is 10. The summed E-state index contributed by atoms with van der Waals surface area (Å²) in [5, 5.41) is 17.3. The molecule has 4 rings (SSSR count). The fourth-order valence-corrected chi connectivity index (χ4v) is 4.49. The monoisotopic (exact) mass is 521 g/mol. The van der Waals surface area contributed by atoms with Crippen molar-refractivity contribution in [3.63, 3.8) is 0 Å². The SMILES string of the molecule is COc1cccc(-c2nnc(NS(=O)(=O)CCc3ccc(C#N)cn3)n2-c2c(OC)cccc2OC)n1. The molecule has 4 aromatic rings. The van der Waals surface area contributed by atoms with Gasteiger partial charge in [0.05, 0.1) is 32.6 Å². The molecule has 0 saturated heterocycles. The van der Waals surface area contributed by atoms with Crippen LogP contribution in [0.25, 0.3) is 17.2 Å². The molecule has 0 unspecified atom stereocenters. The van der Waals surface area contributed by atoms with Crippen LogP contribution in [0.3, 0.4) is 0 Å². The standard InChI is InChI=1S/C24H23N7O5S/c1-34-19-7-5-8-20(35-2)22(19)31-23(18-6-4-9-21(27-18)36-3)28-29-24(31)30-37(32,33)13-12-17-11-10-16(14-25)15-26-17/h4-11,15H,12-13H2,1-3H3,(H,29,30). The van der Waals surface area contributed by atoms with Crippen LogP contribution in [0.4, 0.5) is 5.95 Å². The Kier molecular flexibility index (Phi) is 7.49. The zero-order chi connectivity index (χ0) is 26.4. The number of ether oxygens (including phenoxy) is 3. The fourth-order valence-electron chi connectivity index (χ4n) is 3.50. The first kappa shape index (κ1) is 25.4. The number of aromatic nitrogens is 5. The van der Waals surface area contributed by atoms with Gasteiger partial charge in [-0.15, -0.1) is 10.2 Å². The predicted octanol–water partition coefficient (Wildman–Crippen LogP) is 2.61. The van der Waals surface area contributed by atoms with Crippen LogP contribution in [0.2, 0.25) is 0 Å². The van der Waals surface area contributed by atoms with E-state index in [-0.39, 0.29) is 23.9 Å². The topological polar surface area (TPSA) is 154 Å². The third kappa shape index (κ3) is 5.60. The zero-order valence-electron chi connectivity index (χ0n) is 20.2. The highest BCUT2D eigenvalue weighted by Gasteiger charge is 2.26. The van der Waals surface area contributed by atoms with Crippen molar-refractivity contribution in [1.29, 1.82) is 5.26 Å². The van der Waals surface area contributed by atoms with Gasteiger partial charge in [-0.05, 0) is 30.3 Å². The van der Waals surface area contributed by atoms with Crippen LogP contribution < -0.4 is 18.9 Å². The molecule has 0 bridgehead atoms. The van der Waals surface area contributed by atoms with Crippen molar-refractivity contribution in [1.82, 2.24) is 24.7 Å². The van der Waals surface area contributed by atoms with Gasteiger partial charge in [0.15, 0.2) is 5.82 Å². The Hall–Kier alpha value is -4.70. The molecule has 0 saturated carbocycles. The molecule has 0 aliphatic heterocycles. The first-order valence-corrected chi connectivity index (χ1v) is 12.6. The second-order valence-electron chi connectivity index (χ2n) is 7.58. The summed E-state index contributed by atoms with van der Waals surface area (Å²) in [5.41, 5.74) is 1.68. The number of nitriles is 1. The lowest BCUT2D eigenvalue weighted by Gasteiger charge is -2.17. The van der Waals surface area contributed by atoms with Gasteiger partial charge < -0.3 is 14.2 Å². The molecule has 37 heavy (non-hydrogen) atoms. The lowest BCUT2D eigenvalue weighted by atomic mass is 10.2. The molecule has 0 radical (unpaired) electrons. The fraction of sp³-hybridized carbons (Fsp3) is 0.208. The smallest absolute Gasteiger partial charge is 0.243 e. The largest absolute Gasteiger partial charge is 0.494 e. The van der Waals surface area contributed by atoms with E-state index in [4.69, 9.17) is 19.5 Å². The molecule has 3 aromatic heterocycles. The number of sulfonamides is 1. The molecule has 3 heterocycles. The number of nitrogens with zero attached hydrogens (tertiary/aromatic N) is 6. The molecular formula is C24H23N7O5S. The van der Waals surface area contributed by atoms with Crippen LogP contribution in [0.15, 0.2) is 54.7 Å². The highest BCUT2D eigenvalue weighted by molar-refractivity contribution is 7.92. The second kappa shape index (κ2) is 10.9. The Labute approximate surface area is 213 Å². The first-order chi connectivity index (χ1) is 17.9. The number of para-hydroxylation sites is 1. The number of benzene rings is 1. The van der Waals surface area contributed by atoms with Gasteiger partial charge in [-0.1, -0.05) is 12.1 Å². The normalized spacial score (nSPS) is 11.0. The van der Waals surface area contributed by atoms with Crippen LogP contribution in [0, 0.1) is 11.3 Å². The molecular weight excluding hydrogens is 498 g/mol. The molecule has 13 heteroatoms. The lowest BCUT2D eigenvalue weighted by molar-refractivity contribution is 0.391. The van der Waals surface area contributed by atoms with E-state index in [1.165, 1.54) is 32.1 Å². The van der Waals surface area contributed by atoms with Crippen LogP contribution in [-0.4, -0.2) is 60.2 Å². The maximum atomic E-state index is 13.1.